The molecular formula is C19H24N6. The van der Waals surface area contributed by atoms with Crippen molar-refractivity contribution in [3.63, 3.8) is 0 Å². The molecule has 6 nitrogen and oxygen atoms in total. The lowest BCUT2D eigenvalue weighted by Crippen LogP contribution is -2.13. The number of aryl methyl sites for hydroxylation is 2. The Morgan fingerprint density at radius 3 is 2.44 bits per heavy atom. The summed E-state index contributed by atoms with van der Waals surface area (Å²) in [4.78, 5) is 11.3. The van der Waals surface area contributed by atoms with Crippen molar-refractivity contribution in [1.29, 1.82) is 0 Å². The number of rotatable bonds is 6. The molecule has 0 saturated heterocycles. The van der Waals surface area contributed by atoms with E-state index in [4.69, 9.17) is 4.98 Å². The molecule has 0 bridgehead atoms. The van der Waals surface area contributed by atoms with Gasteiger partial charge >= 0.3 is 0 Å². The summed E-state index contributed by atoms with van der Waals surface area (Å²) in [6.07, 6.45) is 1.71. The highest BCUT2D eigenvalue weighted by molar-refractivity contribution is 5.84. The third kappa shape index (κ3) is 3.68. The second kappa shape index (κ2) is 7.42. The first-order chi connectivity index (χ1) is 12.1. The smallest absolute Gasteiger partial charge is 0.243 e. The fourth-order valence-electron chi connectivity index (χ4n) is 2.79. The molecule has 2 heterocycles. The van der Waals surface area contributed by atoms with Crippen LogP contribution in [0.5, 0.6) is 0 Å². The van der Waals surface area contributed by atoms with Crippen molar-refractivity contribution in [2.45, 2.75) is 33.2 Å². The predicted molar refractivity (Wildman–Crippen MR) is 102 cm³/mol. The summed E-state index contributed by atoms with van der Waals surface area (Å²) in [5.41, 5.74) is 4.13. The van der Waals surface area contributed by atoms with Gasteiger partial charge in [-0.25, -0.2) is 9.97 Å². The topological polar surface area (TPSA) is 66.8 Å². The Morgan fingerprint density at radius 2 is 1.72 bits per heavy atom. The maximum Gasteiger partial charge on any atom is 0.243 e. The Balaban J connectivity index is 1.90. The predicted octanol–water partition coefficient (Wildman–Crippen LogP) is 3.22. The van der Waals surface area contributed by atoms with Gasteiger partial charge < -0.3 is 10.2 Å². The molecule has 0 aliphatic carbocycles. The average Bonchev–Trinajstić information content (AvgIpc) is 2.65. The molecule has 2 aromatic heterocycles. The minimum Gasteiger partial charge on any atom is -0.363 e. The van der Waals surface area contributed by atoms with Crippen LogP contribution in [0.1, 0.15) is 30.8 Å². The van der Waals surface area contributed by atoms with Crippen molar-refractivity contribution in [2.24, 2.45) is 0 Å². The molecular weight excluding hydrogens is 312 g/mol. The molecule has 6 heteroatoms. The molecule has 0 radical (unpaired) electrons. The zero-order chi connectivity index (χ0) is 17.8. The summed E-state index contributed by atoms with van der Waals surface area (Å²) >= 11 is 0. The van der Waals surface area contributed by atoms with Gasteiger partial charge in [0.25, 0.3) is 0 Å². The lowest BCUT2D eigenvalue weighted by Gasteiger charge is -2.15. The first-order valence-electron chi connectivity index (χ1n) is 8.64. The van der Waals surface area contributed by atoms with Crippen LogP contribution < -0.4 is 10.2 Å². The minimum absolute atomic E-state index is 0.571. The van der Waals surface area contributed by atoms with Gasteiger partial charge in [0.2, 0.25) is 5.95 Å². The van der Waals surface area contributed by atoms with Gasteiger partial charge in [-0.05, 0) is 30.5 Å². The summed E-state index contributed by atoms with van der Waals surface area (Å²) < 4.78 is 0. The highest BCUT2D eigenvalue weighted by Crippen LogP contribution is 2.22. The lowest BCUT2D eigenvalue weighted by molar-refractivity contribution is 0.820. The van der Waals surface area contributed by atoms with Crippen LogP contribution >= 0.6 is 0 Å². The van der Waals surface area contributed by atoms with Gasteiger partial charge in [0.15, 0.2) is 0 Å². The summed E-state index contributed by atoms with van der Waals surface area (Å²) in [5.74, 6) is 1.51. The van der Waals surface area contributed by atoms with E-state index in [2.05, 4.69) is 46.5 Å². The minimum atomic E-state index is 0.571. The highest BCUT2D eigenvalue weighted by Gasteiger charge is 2.09. The molecule has 0 atom stereocenters. The van der Waals surface area contributed by atoms with E-state index >= 15 is 0 Å². The summed E-state index contributed by atoms with van der Waals surface area (Å²) in [6.45, 7) is 4.79. The molecule has 1 aromatic carbocycles. The van der Waals surface area contributed by atoms with Crippen LogP contribution in [0.2, 0.25) is 0 Å². The monoisotopic (exact) mass is 336 g/mol. The number of anilines is 2. The number of fused-ring (bicyclic) bond motifs is 1. The SMILES string of the molecule is CCc1nnc(NCc2cc(N(C)C)nc3ccccc23)nc1CC. The highest BCUT2D eigenvalue weighted by atomic mass is 15.2. The first-order valence-corrected chi connectivity index (χ1v) is 8.64. The summed E-state index contributed by atoms with van der Waals surface area (Å²) in [7, 11) is 4.00. The molecule has 0 amide bonds. The second-order valence-corrected chi connectivity index (χ2v) is 6.14. The van der Waals surface area contributed by atoms with Crippen molar-refractivity contribution >= 4 is 22.7 Å². The van der Waals surface area contributed by atoms with Gasteiger partial charge in [-0.15, -0.1) is 5.10 Å². The number of pyridine rings is 1. The van der Waals surface area contributed by atoms with Crippen molar-refractivity contribution in [3.05, 3.63) is 47.3 Å². The molecule has 3 aromatic rings. The molecule has 1 N–H and O–H groups in total. The van der Waals surface area contributed by atoms with Crippen LogP contribution in [0, 0.1) is 0 Å². The normalized spacial score (nSPS) is 10.9. The molecule has 0 spiro atoms. The van der Waals surface area contributed by atoms with Crippen molar-refractivity contribution in [1.82, 2.24) is 20.2 Å². The van der Waals surface area contributed by atoms with E-state index in [1.807, 2.05) is 37.2 Å². The van der Waals surface area contributed by atoms with Crippen LogP contribution in [0.25, 0.3) is 10.9 Å². The third-order valence-electron chi connectivity index (χ3n) is 4.19. The van der Waals surface area contributed by atoms with E-state index in [9.17, 15) is 0 Å². The summed E-state index contributed by atoms with van der Waals surface area (Å²) in [5, 5.41) is 13.0. The number of nitrogens with one attached hydrogen (secondary N) is 1. The largest absolute Gasteiger partial charge is 0.363 e. The first kappa shape index (κ1) is 17.1. The average molecular weight is 336 g/mol. The van der Waals surface area contributed by atoms with Gasteiger partial charge in [-0.2, -0.15) is 5.10 Å². The van der Waals surface area contributed by atoms with E-state index in [1.165, 1.54) is 0 Å². The number of para-hydroxylation sites is 1. The fraction of sp³-hybridized carbons (Fsp3) is 0.368. The van der Waals surface area contributed by atoms with Gasteiger partial charge in [0.1, 0.15) is 5.82 Å². The Labute approximate surface area is 148 Å². The zero-order valence-electron chi connectivity index (χ0n) is 15.2. The van der Waals surface area contributed by atoms with E-state index in [0.29, 0.717) is 12.5 Å². The van der Waals surface area contributed by atoms with E-state index in [-0.39, 0.29) is 0 Å². The van der Waals surface area contributed by atoms with Crippen LogP contribution in [-0.4, -0.2) is 34.3 Å². The zero-order valence-corrected chi connectivity index (χ0v) is 15.2. The third-order valence-corrected chi connectivity index (χ3v) is 4.19. The van der Waals surface area contributed by atoms with Gasteiger partial charge in [0.05, 0.1) is 16.9 Å². The number of nitrogens with zero attached hydrogens (tertiary/aromatic N) is 5. The fourth-order valence-corrected chi connectivity index (χ4v) is 2.79. The van der Waals surface area contributed by atoms with E-state index in [1.54, 1.807) is 0 Å². The molecule has 3 rings (SSSR count). The second-order valence-electron chi connectivity index (χ2n) is 6.14. The Kier molecular flexibility index (Phi) is 5.07. The number of benzene rings is 1. The Morgan fingerprint density at radius 1 is 0.960 bits per heavy atom. The van der Waals surface area contributed by atoms with Gasteiger partial charge in [-0.3, -0.25) is 0 Å². The molecule has 0 fully saturated rings. The molecule has 0 saturated carbocycles. The van der Waals surface area contributed by atoms with Gasteiger partial charge in [-0.1, -0.05) is 32.0 Å². The maximum absolute atomic E-state index is 4.69. The van der Waals surface area contributed by atoms with Crippen LogP contribution in [-0.2, 0) is 19.4 Å². The Hall–Kier alpha value is -2.76. The van der Waals surface area contributed by atoms with Crippen LogP contribution in [0.4, 0.5) is 11.8 Å². The van der Waals surface area contributed by atoms with E-state index < -0.39 is 0 Å². The number of aromatic nitrogens is 4. The molecule has 0 aliphatic rings. The quantitative estimate of drug-likeness (QED) is 0.745. The van der Waals surface area contributed by atoms with Crippen molar-refractivity contribution in [2.75, 3.05) is 24.3 Å². The van der Waals surface area contributed by atoms with Crippen molar-refractivity contribution in [3.8, 4) is 0 Å². The number of hydrogen-bond donors (Lipinski definition) is 1. The molecule has 0 unspecified atom stereocenters. The van der Waals surface area contributed by atoms with Crippen molar-refractivity contribution < 1.29 is 0 Å². The van der Waals surface area contributed by atoms with Gasteiger partial charge in [0, 0.05) is 26.0 Å². The van der Waals surface area contributed by atoms with E-state index in [0.717, 1.165) is 46.5 Å². The molecule has 0 aliphatic heterocycles. The van der Waals surface area contributed by atoms with Crippen LogP contribution in [0.3, 0.4) is 0 Å². The van der Waals surface area contributed by atoms with Crippen LogP contribution in [0.15, 0.2) is 30.3 Å². The molecule has 25 heavy (non-hydrogen) atoms. The summed E-state index contributed by atoms with van der Waals surface area (Å²) in [6, 6.07) is 10.3. The molecule has 130 valence electrons. The Bertz CT molecular complexity index is 875. The maximum atomic E-state index is 4.69. The number of hydrogen-bond acceptors (Lipinski definition) is 6. The lowest BCUT2D eigenvalue weighted by atomic mass is 10.1. The standard InChI is InChI=1S/C19H24N6/c1-5-15-16(6-2)23-24-19(22-15)20-12-13-11-18(25(3)4)21-17-10-8-7-9-14(13)17/h7-11H,5-6,12H2,1-4H3,(H,20,22,24).